The molecule has 2 N–H and O–H groups in total. The highest BCUT2D eigenvalue weighted by molar-refractivity contribution is 5.73. The Kier molecular flexibility index (Phi) is 10.2. The Morgan fingerprint density at radius 3 is 1.90 bits per heavy atom. The molecule has 62 valence electrons. The van der Waals surface area contributed by atoms with Crippen LogP contribution >= 0.6 is 0 Å². The molecule has 0 aliphatic rings. The molecule has 0 fully saturated rings. The van der Waals surface area contributed by atoms with Gasteiger partial charge < -0.3 is 10.6 Å². The zero-order valence-electron chi connectivity index (χ0n) is 7.35. The fourth-order valence-electron chi connectivity index (χ4n) is 0.334. The molecule has 0 aromatic rings. The molecule has 0 saturated carbocycles. The molecule has 0 heterocycles. The minimum Gasteiger partial charge on any atom is -0.370 e. The summed E-state index contributed by atoms with van der Waals surface area (Å²) in [6.07, 6.45) is 0.451. The Balaban J connectivity index is 0. The lowest BCUT2D eigenvalue weighted by Crippen LogP contribution is -2.20. The second-order valence-corrected chi connectivity index (χ2v) is 2.02. The highest BCUT2D eigenvalue weighted by Crippen LogP contribution is 1.78. The van der Waals surface area contributed by atoms with Gasteiger partial charge in [0.05, 0.1) is 0 Å². The van der Waals surface area contributed by atoms with E-state index in [1.165, 1.54) is 0 Å². The van der Waals surface area contributed by atoms with Gasteiger partial charge in [0.25, 0.3) is 0 Å². The van der Waals surface area contributed by atoms with Crippen molar-refractivity contribution in [2.24, 2.45) is 5.73 Å². The van der Waals surface area contributed by atoms with Crippen molar-refractivity contribution in [2.45, 2.75) is 20.3 Å². The van der Waals surface area contributed by atoms with Gasteiger partial charge in [-0.2, -0.15) is 0 Å². The predicted octanol–water partition coefficient (Wildman–Crippen LogP) is 0.450. The number of hydrogen-bond acceptors (Lipinski definition) is 2. The third-order valence-corrected chi connectivity index (χ3v) is 0.805. The summed E-state index contributed by atoms with van der Waals surface area (Å²) in [6, 6.07) is 0. The van der Waals surface area contributed by atoms with Crippen molar-refractivity contribution in [3.8, 4) is 0 Å². The van der Waals surface area contributed by atoms with E-state index in [4.69, 9.17) is 5.73 Å². The molecule has 1 amide bonds. The molecule has 0 spiro atoms. The maximum atomic E-state index is 10.1. The van der Waals surface area contributed by atoms with Crippen molar-refractivity contribution < 1.29 is 4.79 Å². The summed E-state index contributed by atoms with van der Waals surface area (Å²) in [5.74, 6) is -0.237. The van der Waals surface area contributed by atoms with Gasteiger partial charge in [-0.3, -0.25) is 4.79 Å². The van der Waals surface area contributed by atoms with Gasteiger partial charge >= 0.3 is 0 Å². The van der Waals surface area contributed by atoms with Gasteiger partial charge in [0.15, 0.2) is 0 Å². The zero-order valence-corrected chi connectivity index (χ0v) is 7.35. The minimum absolute atomic E-state index is 0.237. The van der Waals surface area contributed by atoms with E-state index >= 15 is 0 Å². The van der Waals surface area contributed by atoms with Crippen molar-refractivity contribution in [3.05, 3.63) is 0 Å². The molecular weight excluding hydrogens is 128 g/mol. The molecule has 0 bridgehead atoms. The quantitative estimate of drug-likeness (QED) is 0.628. The van der Waals surface area contributed by atoms with E-state index in [0.717, 1.165) is 6.54 Å². The summed E-state index contributed by atoms with van der Waals surface area (Å²) in [5.41, 5.74) is 4.88. The molecule has 0 aromatic carbocycles. The van der Waals surface area contributed by atoms with Gasteiger partial charge in [0.1, 0.15) is 0 Å². The SMILES string of the molecule is CC.CN(C)CCC(N)=O. The topological polar surface area (TPSA) is 46.3 Å². The van der Waals surface area contributed by atoms with E-state index in [2.05, 4.69) is 0 Å². The average molecular weight is 146 g/mol. The standard InChI is InChI=1S/C5H12N2O.C2H6/c1-7(2)4-3-5(6)8;1-2/h3-4H2,1-2H3,(H2,6,8);1-2H3. The highest BCUT2D eigenvalue weighted by Gasteiger charge is 1.93. The van der Waals surface area contributed by atoms with Crippen LogP contribution in [0.2, 0.25) is 0 Å². The Labute approximate surface area is 63.2 Å². The number of carbonyl (C=O) groups is 1. The largest absolute Gasteiger partial charge is 0.370 e. The van der Waals surface area contributed by atoms with Crippen LogP contribution in [0.3, 0.4) is 0 Å². The van der Waals surface area contributed by atoms with Gasteiger partial charge in [0, 0.05) is 13.0 Å². The van der Waals surface area contributed by atoms with E-state index in [1.807, 2.05) is 32.8 Å². The van der Waals surface area contributed by atoms with Crippen molar-refractivity contribution >= 4 is 5.91 Å². The lowest BCUT2D eigenvalue weighted by atomic mass is 10.4. The molecular formula is C7H18N2O. The second kappa shape index (κ2) is 8.43. The van der Waals surface area contributed by atoms with Crippen LogP contribution in [-0.4, -0.2) is 31.4 Å². The summed E-state index contributed by atoms with van der Waals surface area (Å²) in [5, 5.41) is 0. The molecule has 0 rings (SSSR count). The number of amides is 1. The monoisotopic (exact) mass is 146 g/mol. The number of carbonyl (C=O) groups excluding carboxylic acids is 1. The molecule has 0 unspecified atom stereocenters. The fourth-order valence-corrected chi connectivity index (χ4v) is 0.334. The van der Waals surface area contributed by atoms with Gasteiger partial charge in [-0.25, -0.2) is 0 Å². The van der Waals surface area contributed by atoms with Crippen LogP contribution in [0.15, 0.2) is 0 Å². The summed E-state index contributed by atoms with van der Waals surface area (Å²) in [6.45, 7) is 4.75. The van der Waals surface area contributed by atoms with Gasteiger partial charge in [0.2, 0.25) is 5.91 Å². The molecule has 0 atom stereocenters. The Morgan fingerprint density at radius 1 is 1.40 bits per heavy atom. The summed E-state index contributed by atoms with van der Waals surface area (Å²) < 4.78 is 0. The minimum atomic E-state index is -0.237. The maximum absolute atomic E-state index is 10.1. The highest BCUT2D eigenvalue weighted by atomic mass is 16.1. The van der Waals surface area contributed by atoms with Crippen molar-refractivity contribution in [1.82, 2.24) is 4.90 Å². The van der Waals surface area contributed by atoms with E-state index in [9.17, 15) is 4.79 Å². The first-order valence-electron chi connectivity index (χ1n) is 3.56. The summed E-state index contributed by atoms with van der Waals surface area (Å²) in [4.78, 5) is 12.0. The van der Waals surface area contributed by atoms with Crippen LogP contribution in [0.1, 0.15) is 20.3 Å². The Hall–Kier alpha value is -0.570. The predicted molar refractivity (Wildman–Crippen MR) is 43.7 cm³/mol. The van der Waals surface area contributed by atoms with Crippen LogP contribution in [0.5, 0.6) is 0 Å². The smallest absolute Gasteiger partial charge is 0.218 e. The molecule has 3 nitrogen and oxygen atoms in total. The van der Waals surface area contributed by atoms with E-state index < -0.39 is 0 Å². The van der Waals surface area contributed by atoms with E-state index in [0.29, 0.717) is 6.42 Å². The summed E-state index contributed by atoms with van der Waals surface area (Å²) in [7, 11) is 3.81. The van der Waals surface area contributed by atoms with Crippen LogP contribution < -0.4 is 5.73 Å². The average Bonchev–Trinajstić information content (AvgIpc) is 1.89. The van der Waals surface area contributed by atoms with E-state index in [-0.39, 0.29) is 5.91 Å². The van der Waals surface area contributed by atoms with Gasteiger partial charge in [-0.1, -0.05) is 13.8 Å². The molecule has 0 saturated heterocycles. The first-order valence-corrected chi connectivity index (χ1v) is 3.56. The zero-order chi connectivity index (χ0) is 8.57. The lowest BCUT2D eigenvalue weighted by Gasteiger charge is -2.05. The number of primary amides is 1. The van der Waals surface area contributed by atoms with Crippen molar-refractivity contribution in [1.29, 1.82) is 0 Å². The Morgan fingerprint density at radius 2 is 1.80 bits per heavy atom. The van der Waals surface area contributed by atoms with Gasteiger partial charge in [-0.05, 0) is 14.1 Å². The Bertz CT molecular complexity index is 81.7. The first kappa shape index (κ1) is 12.1. The van der Waals surface area contributed by atoms with Crippen molar-refractivity contribution in [2.75, 3.05) is 20.6 Å². The van der Waals surface area contributed by atoms with Crippen LogP contribution in [-0.2, 0) is 4.79 Å². The molecule has 0 aliphatic heterocycles. The first-order chi connectivity index (χ1) is 4.63. The lowest BCUT2D eigenvalue weighted by molar-refractivity contribution is -0.118. The fraction of sp³-hybridized carbons (Fsp3) is 0.857. The number of nitrogens with two attached hydrogens (primary N) is 1. The normalized spacial score (nSPS) is 8.50. The molecule has 0 aliphatic carbocycles. The number of hydrogen-bond donors (Lipinski definition) is 1. The molecule has 0 radical (unpaired) electrons. The van der Waals surface area contributed by atoms with E-state index in [1.54, 1.807) is 0 Å². The number of rotatable bonds is 3. The van der Waals surface area contributed by atoms with Gasteiger partial charge in [-0.15, -0.1) is 0 Å². The second-order valence-electron chi connectivity index (χ2n) is 2.02. The molecule has 0 aromatic heterocycles. The third kappa shape index (κ3) is 15.7. The van der Waals surface area contributed by atoms with Crippen LogP contribution in [0.4, 0.5) is 0 Å². The van der Waals surface area contributed by atoms with Crippen molar-refractivity contribution in [3.63, 3.8) is 0 Å². The van der Waals surface area contributed by atoms with Crippen LogP contribution in [0.25, 0.3) is 0 Å². The number of nitrogens with zero attached hydrogens (tertiary/aromatic N) is 1. The molecule has 10 heavy (non-hydrogen) atoms. The maximum Gasteiger partial charge on any atom is 0.218 e. The summed E-state index contributed by atoms with van der Waals surface area (Å²) >= 11 is 0. The molecule has 3 heteroatoms. The third-order valence-electron chi connectivity index (χ3n) is 0.805. The van der Waals surface area contributed by atoms with Crippen LogP contribution in [0, 0.1) is 0 Å².